The average molecular weight is 950 g/mol. The molecular weight excluding hydrogens is 925 g/mol. The van der Waals surface area contributed by atoms with Crippen LogP contribution in [0, 0.1) is 20.8 Å². The van der Waals surface area contributed by atoms with Crippen LogP contribution in [0.15, 0.2) is 30.3 Å². The largest absolute Gasteiger partial charge is 0.382 e. The summed E-state index contributed by atoms with van der Waals surface area (Å²) in [6.45, 7) is 2.51. The van der Waals surface area contributed by atoms with Gasteiger partial charge in [0, 0.05) is 29.3 Å². The van der Waals surface area contributed by atoms with Crippen molar-refractivity contribution >= 4 is 102 Å². The Labute approximate surface area is 290 Å². The molecule has 2 aromatic carbocycles. The SMILES string of the molecule is CC(=O)C(O)[C@H]1OC(O)(C(C)=O)[C@@](N)(C(=O)c2ccc(-c3c(I)cc(I)cc3I)cc2[N+](=O)[O-])[C@](O)(C(C)=O)[C@@]1(O)C(C)=O. The molecule has 1 aliphatic heterocycles. The second-order valence-corrected chi connectivity index (χ2v) is 13.8. The number of nitro benzene ring substituents is 1. The Bertz CT molecular complexity index is 1630. The summed E-state index contributed by atoms with van der Waals surface area (Å²) in [5.74, 6) is -11.7. The van der Waals surface area contributed by atoms with Gasteiger partial charge in [0.1, 0.15) is 12.2 Å². The molecule has 2 aromatic rings. The van der Waals surface area contributed by atoms with Crippen LogP contribution in [-0.2, 0) is 23.9 Å². The molecule has 236 valence electrons. The predicted octanol–water partition coefficient (Wildman–Crippen LogP) is 1.22. The van der Waals surface area contributed by atoms with Gasteiger partial charge in [-0.3, -0.25) is 34.1 Å². The first-order valence-electron chi connectivity index (χ1n) is 12.4. The summed E-state index contributed by atoms with van der Waals surface area (Å²) in [4.78, 5) is 76.9. The third kappa shape index (κ3) is 5.16. The Morgan fingerprint density at radius 3 is 1.86 bits per heavy atom. The van der Waals surface area contributed by atoms with Crippen LogP contribution in [0.2, 0.25) is 0 Å². The van der Waals surface area contributed by atoms with Crippen molar-refractivity contribution in [1.29, 1.82) is 0 Å². The molecule has 44 heavy (non-hydrogen) atoms. The van der Waals surface area contributed by atoms with Crippen LogP contribution >= 0.6 is 67.8 Å². The number of carbonyl (C=O) groups is 5. The van der Waals surface area contributed by atoms with E-state index < -0.39 is 79.8 Å². The van der Waals surface area contributed by atoms with Crippen molar-refractivity contribution in [1.82, 2.24) is 0 Å². The molecule has 6 N–H and O–H groups in total. The summed E-state index contributed by atoms with van der Waals surface area (Å²) in [6.07, 6.45) is -5.26. The van der Waals surface area contributed by atoms with Crippen LogP contribution in [0.1, 0.15) is 38.1 Å². The second-order valence-electron chi connectivity index (χ2n) is 10.3. The maximum absolute atomic E-state index is 14.3. The van der Waals surface area contributed by atoms with E-state index in [1.807, 2.05) is 45.2 Å². The Morgan fingerprint density at radius 1 is 0.932 bits per heavy atom. The summed E-state index contributed by atoms with van der Waals surface area (Å²) in [7, 11) is 0. The van der Waals surface area contributed by atoms with Crippen LogP contribution < -0.4 is 5.73 Å². The molecule has 0 radical (unpaired) electrons. The number of nitro groups is 1. The zero-order chi connectivity index (χ0) is 33.9. The van der Waals surface area contributed by atoms with Crippen LogP contribution in [0.5, 0.6) is 0 Å². The summed E-state index contributed by atoms with van der Waals surface area (Å²) >= 11 is 6.13. The molecule has 0 aliphatic carbocycles. The number of hydrogen-bond acceptors (Lipinski definition) is 13. The fraction of sp³-hybridized carbons (Fsp3) is 0.370. The quantitative estimate of drug-likeness (QED) is 0.103. The van der Waals surface area contributed by atoms with Gasteiger partial charge in [-0.05, 0) is 112 Å². The number of nitrogens with zero attached hydrogens (tertiary/aromatic N) is 1. The van der Waals surface area contributed by atoms with Crippen LogP contribution in [0.4, 0.5) is 5.69 Å². The molecule has 1 fully saturated rings. The van der Waals surface area contributed by atoms with Crippen molar-refractivity contribution < 1.29 is 54.1 Å². The van der Waals surface area contributed by atoms with Gasteiger partial charge in [0.05, 0.1) is 10.5 Å². The van der Waals surface area contributed by atoms with Crippen molar-refractivity contribution in [3.05, 3.63) is 56.7 Å². The normalized spacial score (nSPS) is 29.0. The minimum Gasteiger partial charge on any atom is -0.382 e. The summed E-state index contributed by atoms with van der Waals surface area (Å²) in [6, 6.07) is 6.77. The minimum absolute atomic E-state index is 0.262. The van der Waals surface area contributed by atoms with Gasteiger partial charge >= 0.3 is 0 Å². The topological polar surface area (TPSA) is 245 Å². The molecule has 2 unspecified atom stereocenters. The first kappa shape index (κ1) is 36.6. The van der Waals surface area contributed by atoms with E-state index in [-0.39, 0.29) is 5.56 Å². The lowest BCUT2D eigenvalue weighted by Gasteiger charge is -2.61. The lowest BCUT2D eigenvalue weighted by atomic mass is 9.54. The molecule has 0 amide bonds. The molecule has 1 saturated heterocycles. The number of Topliss-reactive ketones (excluding diaryl/α,β-unsaturated/α-hetero) is 5. The Kier molecular flexibility index (Phi) is 10.3. The number of nitrogens with two attached hydrogens (primary N) is 1. The molecule has 1 aliphatic rings. The Morgan fingerprint density at radius 2 is 1.45 bits per heavy atom. The molecule has 3 rings (SSSR count). The van der Waals surface area contributed by atoms with E-state index in [1.165, 1.54) is 6.07 Å². The zero-order valence-electron chi connectivity index (χ0n) is 23.3. The highest BCUT2D eigenvalue weighted by Gasteiger charge is 2.84. The maximum Gasteiger partial charge on any atom is 0.280 e. The molecule has 1 heterocycles. The van der Waals surface area contributed by atoms with E-state index in [2.05, 4.69) is 22.6 Å². The third-order valence-corrected chi connectivity index (χ3v) is 10.0. The van der Waals surface area contributed by atoms with Gasteiger partial charge in [-0.1, -0.05) is 6.07 Å². The first-order valence-corrected chi connectivity index (χ1v) is 15.6. The summed E-state index contributed by atoms with van der Waals surface area (Å²) < 4.78 is 7.48. The van der Waals surface area contributed by atoms with E-state index in [9.17, 15) is 54.5 Å². The number of aliphatic hydroxyl groups is 4. The lowest BCUT2D eigenvalue weighted by Crippen LogP contribution is -2.94. The molecule has 0 saturated carbocycles. The van der Waals surface area contributed by atoms with Crippen molar-refractivity contribution in [3.63, 3.8) is 0 Å². The van der Waals surface area contributed by atoms with Gasteiger partial charge in [-0.15, -0.1) is 0 Å². The minimum atomic E-state index is -4.02. The number of hydrogen-bond donors (Lipinski definition) is 5. The molecular formula is C27H25I3N2O12. The number of halogens is 3. The van der Waals surface area contributed by atoms with Crippen LogP contribution in [0.25, 0.3) is 11.1 Å². The van der Waals surface area contributed by atoms with Gasteiger partial charge in [0.2, 0.25) is 0 Å². The second kappa shape index (κ2) is 12.4. The zero-order valence-corrected chi connectivity index (χ0v) is 29.7. The maximum atomic E-state index is 14.3. The molecule has 17 heteroatoms. The molecule has 0 spiro atoms. The smallest absolute Gasteiger partial charge is 0.280 e. The van der Waals surface area contributed by atoms with Crippen molar-refractivity contribution in [3.8, 4) is 11.1 Å². The number of aliphatic hydroxyl groups excluding tert-OH is 1. The van der Waals surface area contributed by atoms with Crippen molar-refractivity contribution in [2.24, 2.45) is 5.73 Å². The fourth-order valence-electron chi connectivity index (χ4n) is 5.36. The number of ketones is 5. The number of carbonyl (C=O) groups excluding carboxylic acids is 5. The monoisotopic (exact) mass is 950 g/mol. The molecule has 0 aromatic heterocycles. The highest BCUT2D eigenvalue weighted by Crippen LogP contribution is 2.52. The average Bonchev–Trinajstić information content (AvgIpc) is 2.91. The first-order chi connectivity index (χ1) is 20.0. The fourth-order valence-corrected chi connectivity index (χ4v) is 9.57. The number of ether oxygens (including phenoxy) is 1. The highest BCUT2D eigenvalue weighted by molar-refractivity contribution is 14.1. The van der Waals surface area contributed by atoms with Gasteiger partial charge in [0.15, 0.2) is 45.7 Å². The predicted molar refractivity (Wildman–Crippen MR) is 176 cm³/mol. The highest BCUT2D eigenvalue weighted by atomic mass is 127. The molecule has 6 atom stereocenters. The third-order valence-electron chi connectivity index (χ3n) is 7.69. The Hall–Kier alpha value is -1.86. The van der Waals surface area contributed by atoms with E-state index in [1.54, 1.807) is 12.1 Å². The molecule has 14 nitrogen and oxygen atoms in total. The number of benzene rings is 2. The van der Waals surface area contributed by atoms with Crippen LogP contribution in [0.3, 0.4) is 0 Å². The van der Waals surface area contributed by atoms with E-state index in [0.717, 1.165) is 22.6 Å². The van der Waals surface area contributed by atoms with E-state index >= 15 is 0 Å². The summed E-state index contributed by atoms with van der Waals surface area (Å²) in [5.41, 5.74) is -6.41. The van der Waals surface area contributed by atoms with Gasteiger partial charge in [-0.25, -0.2) is 0 Å². The lowest BCUT2D eigenvalue weighted by molar-refractivity contribution is -0.385. The number of rotatable bonds is 9. The van der Waals surface area contributed by atoms with Crippen molar-refractivity contribution in [2.45, 2.75) is 62.4 Å². The van der Waals surface area contributed by atoms with E-state index in [4.69, 9.17) is 10.5 Å². The van der Waals surface area contributed by atoms with Crippen molar-refractivity contribution in [2.75, 3.05) is 0 Å². The van der Waals surface area contributed by atoms with Gasteiger partial charge in [0.25, 0.3) is 11.5 Å². The van der Waals surface area contributed by atoms with Crippen LogP contribution in [-0.4, -0.2) is 89.0 Å². The summed E-state index contributed by atoms with van der Waals surface area (Å²) in [5, 5.41) is 58.1. The standard InChI is InChI=1S/C27H25I3N2O12/c1-10(33)21(37)23-24(39,11(2)34)26(40,12(3)35)25(31,27(41,44-23)13(4)36)22(38)16-6-5-14(7-19(16)32(42)43)20-17(29)8-15(28)9-18(20)30/h5-9,21,23,37,39-41H,31H2,1-4H3/t21?,23-,24-,25-,26+,27?/m1/s1. The van der Waals surface area contributed by atoms with E-state index in [0.29, 0.717) is 33.5 Å². The molecule has 0 bridgehead atoms. The van der Waals surface area contributed by atoms with Gasteiger partial charge < -0.3 is 30.9 Å². The Balaban J connectivity index is 2.47. The van der Waals surface area contributed by atoms with Gasteiger partial charge in [-0.2, -0.15) is 0 Å².